The summed E-state index contributed by atoms with van der Waals surface area (Å²) in [6, 6.07) is 7.69. The van der Waals surface area contributed by atoms with Crippen molar-refractivity contribution >= 4 is 16.8 Å². The summed E-state index contributed by atoms with van der Waals surface area (Å²) in [5, 5.41) is 0.908. The van der Waals surface area contributed by atoms with Gasteiger partial charge in [0.1, 0.15) is 11.8 Å². The van der Waals surface area contributed by atoms with E-state index in [-0.39, 0.29) is 17.3 Å². The molecule has 2 atom stereocenters. The van der Waals surface area contributed by atoms with E-state index in [9.17, 15) is 4.79 Å². The van der Waals surface area contributed by atoms with Crippen molar-refractivity contribution < 1.29 is 18.7 Å². The van der Waals surface area contributed by atoms with Crippen LogP contribution in [0.4, 0.5) is 0 Å². The Hall–Kier alpha value is -1.65. The molecule has 0 N–H and O–H groups in total. The average molecular weight is 286 g/mol. The van der Waals surface area contributed by atoms with Gasteiger partial charge in [0, 0.05) is 30.9 Å². The smallest absolute Gasteiger partial charge is 0.169 e. The Balaban J connectivity index is 1.62. The summed E-state index contributed by atoms with van der Waals surface area (Å²) in [5.74, 6) is 0.177. The normalized spacial score (nSPS) is 29.2. The first-order valence-corrected chi connectivity index (χ1v) is 7.50. The van der Waals surface area contributed by atoms with E-state index in [0.717, 1.165) is 36.8 Å². The number of furan rings is 1. The Morgan fingerprint density at radius 3 is 3.00 bits per heavy atom. The van der Waals surface area contributed by atoms with Crippen molar-refractivity contribution in [3.63, 3.8) is 0 Å². The highest BCUT2D eigenvalue weighted by atomic mass is 16.6. The fourth-order valence-electron chi connectivity index (χ4n) is 3.50. The SMILES string of the molecule is O=C(c1coc2ccccc12)C1CCOC2(CCOC2)C1. The Kier molecular flexibility index (Phi) is 3.08. The largest absolute Gasteiger partial charge is 0.464 e. The molecule has 21 heavy (non-hydrogen) atoms. The Labute approximate surface area is 123 Å². The monoisotopic (exact) mass is 286 g/mol. The lowest BCUT2D eigenvalue weighted by Crippen LogP contribution is -2.42. The number of hydrogen-bond donors (Lipinski definition) is 0. The van der Waals surface area contributed by atoms with Gasteiger partial charge in [-0.15, -0.1) is 0 Å². The number of hydrogen-bond acceptors (Lipinski definition) is 4. The van der Waals surface area contributed by atoms with Crippen molar-refractivity contribution in [2.24, 2.45) is 5.92 Å². The average Bonchev–Trinajstić information content (AvgIpc) is 3.14. The van der Waals surface area contributed by atoms with Gasteiger partial charge in [-0.1, -0.05) is 18.2 Å². The second-order valence-electron chi connectivity index (χ2n) is 6.03. The predicted molar refractivity (Wildman–Crippen MR) is 77.4 cm³/mol. The Bertz CT molecular complexity index is 666. The van der Waals surface area contributed by atoms with E-state index in [0.29, 0.717) is 18.8 Å². The van der Waals surface area contributed by atoms with Gasteiger partial charge in [0.2, 0.25) is 0 Å². The Morgan fingerprint density at radius 1 is 1.24 bits per heavy atom. The number of fused-ring (bicyclic) bond motifs is 1. The molecule has 4 rings (SSSR count). The minimum Gasteiger partial charge on any atom is -0.464 e. The van der Waals surface area contributed by atoms with E-state index >= 15 is 0 Å². The third-order valence-corrected chi connectivity index (χ3v) is 4.68. The molecule has 0 saturated carbocycles. The number of carbonyl (C=O) groups is 1. The zero-order valence-electron chi connectivity index (χ0n) is 11.8. The van der Waals surface area contributed by atoms with E-state index in [4.69, 9.17) is 13.9 Å². The van der Waals surface area contributed by atoms with Crippen LogP contribution in [0, 0.1) is 5.92 Å². The second kappa shape index (κ2) is 4.97. The van der Waals surface area contributed by atoms with Gasteiger partial charge in [0.05, 0.1) is 17.8 Å². The number of Topliss-reactive ketones (excluding diaryl/α,β-unsaturated/α-hetero) is 1. The summed E-state index contributed by atoms with van der Waals surface area (Å²) in [6.07, 6.45) is 4.02. The van der Waals surface area contributed by atoms with Gasteiger partial charge in [0.25, 0.3) is 0 Å². The van der Waals surface area contributed by atoms with Gasteiger partial charge >= 0.3 is 0 Å². The molecule has 2 aliphatic rings. The van der Waals surface area contributed by atoms with Gasteiger partial charge in [0.15, 0.2) is 5.78 Å². The topological polar surface area (TPSA) is 48.7 Å². The molecule has 0 bridgehead atoms. The van der Waals surface area contributed by atoms with Crippen LogP contribution in [0.5, 0.6) is 0 Å². The summed E-state index contributed by atoms with van der Waals surface area (Å²) in [4.78, 5) is 12.9. The molecule has 2 aliphatic heterocycles. The third kappa shape index (κ3) is 2.19. The van der Waals surface area contributed by atoms with Gasteiger partial charge in [-0.3, -0.25) is 4.79 Å². The maximum Gasteiger partial charge on any atom is 0.169 e. The zero-order chi connectivity index (χ0) is 14.3. The fourth-order valence-corrected chi connectivity index (χ4v) is 3.50. The molecule has 0 amide bonds. The highest BCUT2D eigenvalue weighted by molar-refractivity contribution is 6.08. The van der Waals surface area contributed by atoms with Gasteiger partial charge in [-0.05, 0) is 18.9 Å². The maximum atomic E-state index is 12.9. The minimum absolute atomic E-state index is 0.00135. The van der Waals surface area contributed by atoms with Crippen LogP contribution in [-0.4, -0.2) is 31.2 Å². The molecule has 1 aromatic carbocycles. The number of ether oxygens (including phenoxy) is 2. The van der Waals surface area contributed by atoms with Crippen LogP contribution in [0.2, 0.25) is 0 Å². The molecular formula is C17H18O4. The van der Waals surface area contributed by atoms with E-state index in [2.05, 4.69) is 0 Å². The predicted octanol–water partition coefficient (Wildman–Crippen LogP) is 3.20. The second-order valence-corrected chi connectivity index (χ2v) is 6.03. The highest BCUT2D eigenvalue weighted by Crippen LogP contribution is 2.38. The summed E-state index contributed by atoms with van der Waals surface area (Å²) in [6.45, 7) is 1.98. The van der Waals surface area contributed by atoms with Crippen LogP contribution in [0.15, 0.2) is 34.9 Å². The summed E-state index contributed by atoms with van der Waals surface area (Å²) in [5.41, 5.74) is 1.23. The molecule has 4 heteroatoms. The number of ketones is 1. The zero-order valence-corrected chi connectivity index (χ0v) is 11.8. The van der Waals surface area contributed by atoms with Crippen LogP contribution in [0.1, 0.15) is 29.6 Å². The van der Waals surface area contributed by atoms with Crippen LogP contribution < -0.4 is 0 Å². The molecule has 3 heterocycles. The van der Waals surface area contributed by atoms with Crippen LogP contribution >= 0.6 is 0 Å². The van der Waals surface area contributed by atoms with Crippen molar-refractivity contribution in [3.8, 4) is 0 Å². The minimum atomic E-state index is -0.238. The van der Waals surface area contributed by atoms with Crippen molar-refractivity contribution in [1.29, 1.82) is 0 Å². The molecule has 2 aromatic rings. The van der Waals surface area contributed by atoms with E-state index in [1.165, 1.54) is 0 Å². The Morgan fingerprint density at radius 2 is 2.14 bits per heavy atom. The van der Waals surface area contributed by atoms with Gasteiger partial charge < -0.3 is 13.9 Å². The van der Waals surface area contributed by atoms with Crippen molar-refractivity contribution in [2.75, 3.05) is 19.8 Å². The van der Waals surface area contributed by atoms with Gasteiger partial charge in [-0.2, -0.15) is 0 Å². The van der Waals surface area contributed by atoms with Crippen molar-refractivity contribution in [3.05, 3.63) is 36.1 Å². The quantitative estimate of drug-likeness (QED) is 0.795. The standard InChI is InChI=1S/C17H18O4/c18-16(14-10-20-15-4-2-1-3-13(14)15)12-5-7-21-17(9-12)6-8-19-11-17/h1-4,10,12H,5-9,11H2. The lowest BCUT2D eigenvalue weighted by atomic mass is 9.81. The summed E-state index contributed by atoms with van der Waals surface area (Å²) < 4.78 is 16.9. The van der Waals surface area contributed by atoms with E-state index in [1.807, 2.05) is 24.3 Å². The summed E-state index contributed by atoms with van der Waals surface area (Å²) in [7, 11) is 0. The fraction of sp³-hybridized carbons (Fsp3) is 0.471. The van der Waals surface area contributed by atoms with Crippen molar-refractivity contribution in [1.82, 2.24) is 0 Å². The molecule has 2 fully saturated rings. The number of carbonyl (C=O) groups excluding carboxylic acids is 1. The van der Waals surface area contributed by atoms with Crippen molar-refractivity contribution in [2.45, 2.75) is 24.9 Å². The molecule has 1 aromatic heterocycles. The molecule has 0 radical (unpaired) electrons. The van der Waals surface area contributed by atoms with E-state index < -0.39 is 0 Å². The molecule has 1 spiro atoms. The molecular weight excluding hydrogens is 268 g/mol. The maximum absolute atomic E-state index is 12.9. The van der Waals surface area contributed by atoms with Gasteiger partial charge in [-0.25, -0.2) is 0 Å². The number of para-hydroxylation sites is 1. The van der Waals surface area contributed by atoms with Crippen LogP contribution in [0.25, 0.3) is 11.0 Å². The van der Waals surface area contributed by atoms with Crippen LogP contribution in [-0.2, 0) is 9.47 Å². The molecule has 2 saturated heterocycles. The first-order chi connectivity index (χ1) is 10.3. The lowest BCUT2D eigenvalue weighted by Gasteiger charge is -2.36. The summed E-state index contributed by atoms with van der Waals surface area (Å²) >= 11 is 0. The number of benzene rings is 1. The first-order valence-electron chi connectivity index (χ1n) is 7.50. The van der Waals surface area contributed by atoms with Crippen LogP contribution in [0.3, 0.4) is 0 Å². The lowest BCUT2D eigenvalue weighted by molar-refractivity contribution is -0.0920. The first kappa shape index (κ1) is 13.0. The van der Waals surface area contributed by atoms with E-state index in [1.54, 1.807) is 6.26 Å². The number of rotatable bonds is 2. The highest BCUT2D eigenvalue weighted by Gasteiger charge is 2.43. The molecule has 4 nitrogen and oxygen atoms in total. The third-order valence-electron chi connectivity index (χ3n) is 4.68. The molecule has 110 valence electrons. The molecule has 0 aliphatic carbocycles. The molecule has 2 unspecified atom stereocenters.